The Labute approximate surface area is 159 Å². The number of fused-ring (bicyclic) bond motifs is 1. The van der Waals surface area contributed by atoms with Gasteiger partial charge in [-0.3, -0.25) is 4.40 Å². The summed E-state index contributed by atoms with van der Waals surface area (Å²) < 4.78 is 17.4. The molecule has 1 N–H and O–H groups in total. The van der Waals surface area contributed by atoms with Crippen LogP contribution in [-0.2, 0) is 0 Å². The highest BCUT2D eigenvalue weighted by Gasteiger charge is 2.19. The highest BCUT2D eigenvalue weighted by atomic mass is 79.9. The van der Waals surface area contributed by atoms with Crippen LogP contribution in [0.1, 0.15) is 11.3 Å². The van der Waals surface area contributed by atoms with Crippen molar-refractivity contribution in [3.63, 3.8) is 0 Å². The van der Waals surface area contributed by atoms with E-state index in [-0.39, 0.29) is 5.82 Å². The zero-order chi connectivity index (χ0) is 18.3. The average Bonchev–Trinajstić information content (AvgIpc) is 2.99. The summed E-state index contributed by atoms with van der Waals surface area (Å²) in [5, 5.41) is 3.47. The van der Waals surface area contributed by atoms with Crippen LogP contribution in [0.15, 0.2) is 65.1 Å². The minimum atomic E-state index is -0.304. The first-order valence-corrected chi connectivity index (χ1v) is 9.10. The van der Waals surface area contributed by atoms with Gasteiger partial charge in [-0.15, -0.1) is 0 Å². The largest absolute Gasteiger partial charge is 0.339 e. The van der Waals surface area contributed by atoms with Crippen LogP contribution >= 0.6 is 15.9 Å². The maximum absolute atomic E-state index is 14.6. The number of hydrogen-bond donors (Lipinski definition) is 1. The van der Waals surface area contributed by atoms with Crippen molar-refractivity contribution in [1.82, 2.24) is 9.38 Å². The van der Waals surface area contributed by atoms with Gasteiger partial charge in [0.25, 0.3) is 0 Å². The summed E-state index contributed by atoms with van der Waals surface area (Å²) in [6.07, 6.45) is 0. The average molecular weight is 410 g/mol. The second-order valence-electron chi connectivity index (χ2n) is 6.23. The Morgan fingerprint density at radius 1 is 1.00 bits per heavy atom. The highest BCUT2D eigenvalue weighted by Crippen LogP contribution is 2.35. The quantitative estimate of drug-likeness (QED) is 0.432. The highest BCUT2D eigenvalue weighted by molar-refractivity contribution is 9.10. The predicted octanol–water partition coefficient (Wildman–Crippen LogP) is 6.26. The fourth-order valence-electron chi connectivity index (χ4n) is 3.08. The van der Waals surface area contributed by atoms with Gasteiger partial charge in [0, 0.05) is 21.4 Å². The molecule has 0 spiro atoms. The van der Waals surface area contributed by atoms with Gasteiger partial charge < -0.3 is 5.32 Å². The maximum atomic E-state index is 14.6. The minimum Gasteiger partial charge on any atom is -0.339 e. The van der Waals surface area contributed by atoms with Crippen molar-refractivity contribution in [3.05, 3.63) is 82.2 Å². The molecule has 130 valence electrons. The van der Waals surface area contributed by atoms with E-state index in [1.165, 1.54) is 6.07 Å². The molecule has 0 atom stereocenters. The first-order valence-electron chi connectivity index (χ1n) is 8.31. The Morgan fingerprint density at radius 2 is 1.81 bits per heavy atom. The molecule has 0 saturated carbocycles. The Kier molecular flexibility index (Phi) is 4.24. The van der Waals surface area contributed by atoms with E-state index in [0.29, 0.717) is 11.3 Å². The Morgan fingerprint density at radius 3 is 2.62 bits per heavy atom. The van der Waals surface area contributed by atoms with Gasteiger partial charge in [-0.1, -0.05) is 40.2 Å². The summed E-state index contributed by atoms with van der Waals surface area (Å²) in [6.45, 7) is 4.05. The van der Waals surface area contributed by atoms with Crippen molar-refractivity contribution in [2.24, 2.45) is 0 Å². The molecule has 0 aliphatic rings. The number of halogens is 2. The summed E-state index contributed by atoms with van der Waals surface area (Å²) in [6, 6.07) is 18.8. The van der Waals surface area contributed by atoms with E-state index in [2.05, 4.69) is 21.2 Å². The van der Waals surface area contributed by atoms with E-state index in [1.807, 2.05) is 60.7 Å². The lowest BCUT2D eigenvalue weighted by Crippen LogP contribution is -2.01. The fourth-order valence-corrected chi connectivity index (χ4v) is 3.44. The molecule has 4 aromatic rings. The lowest BCUT2D eigenvalue weighted by Gasteiger charge is -2.13. The molecule has 0 radical (unpaired) electrons. The van der Waals surface area contributed by atoms with Crippen molar-refractivity contribution in [1.29, 1.82) is 0 Å². The molecular formula is C21H17BrFN3. The molecule has 0 aliphatic heterocycles. The third-order valence-electron chi connectivity index (χ3n) is 4.42. The molecule has 0 unspecified atom stereocenters. The molecule has 26 heavy (non-hydrogen) atoms. The first kappa shape index (κ1) is 16.8. The summed E-state index contributed by atoms with van der Waals surface area (Å²) in [5.74, 6) is 0.450. The number of nitrogens with one attached hydrogen (secondary N) is 1. The number of benzene rings is 2. The Hall–Kier alpha value is -2.66. The Balaban J connectivity index is 2.00. The monoisotopic (exact) mass is 409 g/mol. The van der Waals surface area contributed by atoms with Crippen LogP contribution in [0.4, 0.5) is 15.9 Å². The van der Waals surface area contributed by atoms with Crippen LogP contribution < -0.4 is 5.32 Å². The number of hydrogen-bond acceptors (Lipinski definition) is 2. The summed E-state index contributed by atoms with van der Waals surface area (Å²) in [4.78, 5) is 4.71. The molecule has 2 heterocycles. The van der Waals surface area contributed by atoms with Crippen molar-refractivity contribution in [2.45, 2.75) is 13.8 Å². The van der Waals surface area contributed by atoms with E-state index < -0.39 is 0 Å². The number of nitrogens with zero attached hydrogens (tertiary/aromatic N) is 2. The number of pyridine rings is 1. The molecule has 0 bridgehead atoms. The number of rotatable bonds is 3. The molecule has 2 aromatic heterocycles. The minimum absolute atomic E-state index is 0.304. The van der Waals surface area contributed by atoms with Gasteiger partial charge in [0.05, 0.1) is 0 Å². The molecule has 0 amide bonds. The number of anilines is 2. The third-order valence-corrected chi connectivity index (χ3v) is 4.91. The van der Waals surface area contributed by atoms with Gasteiger partial charge >= 0.3 is 0 Å². The molecule has 0 aliphatic carbocycles. The van der Waals surface area contributed by atoms with Gasteiger partial charge in [0.2, 0.25) is 0 Å². The van der Waals surface area contributed by atoms with Gasteiger partial charge in [0.1, 0.15) is 23.0 Å². The maximum Gasteiger partial charge on any atom is 0.143 e. The lowest BCUT2D eigenvalue weighted by molar-refractivity contribution is 0.630. The van der Waals surface area contributed by atoms with Gasteiger partial charge in [0.15, 0.2) is 0 Å². The van der Waals surface area contributed by atoms with E-state index in [0.717, 1.165) is 32.9 Å². The first-order chi connectivity index (χ1) is 12.5. The van der Waals surface area contributed by atoms with Crippen LogP contribution in [0, 0.1) is 19.7 Å². The molecule has 5 heteroatoms. The van der Waals surface area contributed by atoms with Crippen LogP contribution in [0.25, 0.3) is 16.9 Å². The van der Waals surface area contributed by atoms with Gasteiger partial charge in [-0.2, -0.15) is 0 Å². The van der Waals surface area contributed by atoms with Gasteiger partial charge in [-0.05, 0) is 55.8 Å². The summed E-state index contributed by atoms with van der Waals surface area (Å²) in [7, 11) is 0. The normalized spacial score (nSPS) is 11.1. The van der Waals surface area contributed by atoms with E-state index in [1.54, 1.807) is 12.1 Å². The molecule has 4 rings (SSSR count). The number of imidazole rings is 1. The second-order valence-corrected chi connectivity index (χ2v) is 7.15. The van der Waals surface area contributed by atoms with E-state index >= 15 is 0 Å². The van der Waals surface area contributed by atoms with Crippen molar-refractivity contribution in [3.8, 4) is 11.3 Å². The molecule has 0 fully saturated rings. The molecule has 0 saturated heterocycles. The number of aromatic nitrogens is 2. The zero-order valence-corrected chi connectivity index (χ0v) is 16.0. The van der Waals surface area contributed by atoms with Crippen LogP contribution in [-0.4, -0.2) is 9.38 Å². The zero-order valence-electron chi connectivity index (χ0n) is 14.4. The lowest BCUT2D eigenvalue weighted by atomic mass is 10.1. The van der Waals surface area contributed by atoms with Crippen molar-refractivity contribution < 1.29 is 4.39 Å². The van der Waals surface area contributed by atoms with Gasteiger partial charge in [-0.25, -0.2) is 9.37 Å². The van der Waals surface area contributed by atoms with Crippen molar-refractivity contribution in [2.75, 3.05) is 5.32 Å². The number of para-hydroxylation sites is 1. The predicted molar refractivity (Wildman–Crippen MR) is 107 cm³/mol. The topological polar surface area (TPSA) is 29.3 Å². The fraction of sp³-hybridized carbons (Fsp3) is 0.0952. The van der Waals surface area contributed by atoms with Crippen LogP contribution in [0.5, 0.6) is 0 Å². The van der Waals surface area contributed by atoms with Crippen molar-refractivity contribution >= 4 is 33.1 Å². The summed E-state index contributed by atoms with van der Waals surface area (Å²) >= 11 is 3.43. The Bertz CT molecular complexity index is 1120. The summed E-state index contributed by atoms with van der Waals surface area (Å²) in [5.41, 5.74) is 4.91. The van der Waals surface area contributed by atoms with E-state index in [4.69, 9.17) is 4.98 Å². The molecule has 2 aromatic carbocycles. The third kappa shape index (κ3) is 2.88. The van der Waals surface area contributed by atoms with Crippen LogP contribution in [0.2, 0.25) is 0 Å². The molecular weight excluding hydrogens is 393 g/mol. The van der Waals surface area contributed by atoms with Crippen LogP contribution in [0.3, 0.4) is 0 Å². The smallest absolute Gasteiger partial charge is 0.143 e. The second kappa shape index (κ2) is 6.57. The van der Waals surface area contributed by atoms with E-state index in [9.17, 15) is 4.39 Å². The number of aryl methyl sites for hydroxylation is 2. The molecule has 3 nitrogen and oxygen atoms in total. The standard InChI is InChI=1S/C21H17BrFN3/c1-13-6-3-4-8-18(13)24-21-20(16-12-15(22)10-11-17(16)23)25-19-9-5-7-14(2)26(19)21/h3-12,24H,1-2H3. The SMILES string of the molecule is Cc1ccccc1Nc1c(-c2cc(Br)ccc2F)nc2cccc(C)n12.